The molecule has 0 saturated heterocycles. The zero-order valence-corrected chi connectivity index (χ0v) is 10.2. The first-order valence-electron chi connectivity index (χ1n) is 5.42. The van der Waals surface area contributed by atoms with Crippen molar-refractivity contribution >= 4 is 0 Å². The number of benzene rings is 1. The summed E-state index contributed by atoms with van der Waals surface area (Å²) in [5.41, 5.74) is 0.654. The van der Waals surface area contributed by atoms with E-state index >= 15 is 0 Å². The third-order valence-corrected chi connectivity index (χ3v) is 2.79. The third kappa shape index (κ3) is 3.19. The molecule has 1 aromatic rings. The summed E-state index contributed by atoms with van der Waals surface area (Å²) in [5.74, 6) is 0.266. The normalized spacial score (nSPS) is 12.6. The largest absolute Gasteiger partial charge is 0.432 e. The zero-order chi connectivity index (χ0) is 12.4. The molecule has 0 aromatic heterocycles. The summed E-state index contributed by atoms with van der Waals surface area (Å²) >= 11 is 0. The number of hydrogen-bond acceptors (Lipinski definition) is 1. The van der Waals surface area contributed by atoms with Gasteiger partial charge >= 0.3 is 6.11 Å². The van der Waals surface area contributed by atoms with Crippen molar-refractivity contribution in [2.24, 2.45) is 0 Å². The van der Waals surface area contributed by atoms with Gasteiger partial charge in [0.25, 0.3) is 0 Å². The Kier molecular flexibility index (Phi) is 3.56. The molecule has 0 bridgehead atoms. The van der Waals surface area contributed by atoms with Crippen molar-refractivity contribution in [1.82, 2.24) is 0 Å². The Bertz CT molecular complexity index is 353. The van der Waals surface area contributed by atoms with Crippen LogP contribution >= 0.6 is 0 Å². The maximum Gasteiger partial charge on any atom is 0.394 e. The second-order valence-corrected chi connectivity index (χ2v) is 4.64. The lowest BCUT2D eigenvalue weighted by Crippen LogP contribution is -2.23. The minimum Gasteiger partial charge on any atom is -0.432 e. The van der Waals surface area contributed by atoms with E-state index in [1.807, 2.05) is 32.9 Å². The Morgan fingerprint density at radius 2 is 1.69 bits per heavy atom. The van der Waals surface area contributed by atoms with Crippen molar-refractivity contribution in [3.63, 3.8) is 0 Å². The van der Waals surface area contributed by atoms with Crippen molar-refractivity contribution in [1.29, 1.82) is 0 Å². The Labute approximate surface area is 95.4 Å². The molecule has 0 atom stereocenters. The average molecular weight is 228 g/mol. The smallest absolute Gasteiger partial charge is 0.394 e. The van der Waals surface area contributed by atoms with Crippen LogP contribution in [-0.4, -0.2) is 6.11 Å². The summed E-state index contributed by atoms with van der Waals surface area (Å²) in [5, 5.41) is 0. The van der Waals surface area contributed by atoms with Crippen LogP contribution in [0, 0.1) is 0 Å². The number of halogens is 2. The van der Waals surface area contributed by atoms with Crippen molar-refractivity contribution < 1.29 is 13.5 Å². The van der Waals surface area contributed by atoms with Gasteiger partial charge < -0.3 is 4.74 Å². The van der Waals surface area contributed by atoms with Crippen LogP contribution < -0.4 is 4.74 Å². The highest BCUT2D eigenvalue weighted by Crippen LogP contribution is 2.35. The van der Waals surface area contributed by atoms with Gasteiger partial charge in [-0.25, -0.2) is 0 Å². The molecule has 1 aromatic carbocycles. The molecule has 1 rings (SSSR count). The van der Waals surface area contributed by atoms with Crippen LogP contribution in [0.2, 0.25) is 0 Å². The molecule has 0 aliphatic heterocycles. The van der Waals surface area contributed by atoms with Crippen LogP contribution in [-0.2, 0) is 5.41 Å². The van der Waals surface area contributed by atoms with Gasteiger partial charge in [-0.2, -0.15) is 8.78 Å². The van der Waals surface area contributed by atoms with Gasteiger partial charge in [0.1, 0.15) is 5.75 Å². The van der Waals surface area contributed by atoms with Gasteiger partial charge in [-0.3, -0.25) is 0 Å². The number of rotatable bonds is 4. The van der Waals surface area contributed by atoms with E-state index in [1.165, 1.54) is 0 Å². The molecule has 0 unspecified atom stereocenters. The van der Waals surface area contributed by atoms with E-state index in [0.717, 1.165) is 18.9 Å². The van der Waals surface area contributed by atoms with Crippen molar-refractivity contribution in [2.75, 3.05) is 0 Å². The summed E-state index contributed by atoms with van der Waals surface area (Å²) in [4.78, 5) is 0. The van der Waals surface area contributed by atoms with Crippen LogP contribution in [0.5, 0.6) is 5.75 Å². The molecule has 1 nitrogen and oxygen atoms in total. The number of para-hydroxylation sites is 1. The zero-order valence-electron chi connectivity index (χ0n) is 10.2. The van der Waals surface area contributed by atoms with Crippen LogP contribution in [0.25, 0.3) is 0 Å². The molecule has 0 amide bonds. The number of alkyl halides is 2. The highest BCUT2D eigenvalue weighted by atomic mass is 19.3. The van der Waals surface area contributed by atoms with E-state index in [0.29, 0.717) is 0 Å². The fraction of sp³-hybridized carbons (Fsp3) is 0.538. The monoisotopic (exact) mass is 228 g/mol. The first-order chi connectivity index (χ1) is 7.26. The van der Waals surface area contributed by atoms with Crippen LogP contribution in [0.1, 0.15) is 39.7 Å². The summed E-state index contributed by atoms with van der Waals surface area (Å²) in [6, 6.07) is 6.97. The van der Waals surface area contributed by atoms with Crippen LogP contribution in [0.4, 0.5) is 8.78 Å². The van der Waals surface area contributed by atoms with Crippen molar-refractivity contribution in [3.05, 3.63) is 29.8 Å². The van der Waals surface area contributed by atoms with Crippen molar-refractivity contribution in [2.45, 2.75) is 45.6 Å². The summed E-state index contributed by atoms with van der Waals surface area (Å²) < 4.78 is 30.4. The Morgan fingerprint density at radius 3 is 2.19 bits per heavy atom. The van der Waals surface area contributed by atoms with Gasteiger partial charge in [0, 0.05) is 12.5 Å². The van der Waals surface area contributed by atoms with Crippen LogP contribution in [0.15, 0.2) is 24.3 Å². The maximum atomic E-state index is 12.9. The van der Waals surface area contributed by atoms with Crippen LogP contribution in [0.3, 0.4) is 0 Å². The molecule has 0 aliphatic carbocycles. The van der Waals surface area contributed by atoms with E-state index < -0.39 is 6.11 Å². The lowest BCUT2D eigenvalue weighted by Gasteiger charge is -2.27. The quantitative estimate of drug-likeness (QED) is 0.743. The predicted octanol–water partition coefficient (Wildman–Crippen LogP) is 4.37. The molecule has 0 heterocycles. The van der Waals surface area contributed by atoms with Gasteiger partial charge in [0.15, 0.2) is 0 Å². The molecular formula is C13H18F2O. The highest BCUT2D eigenvalue weighted by molar-refractivity contribution is 5.38. The first-order valence-corrected chi connectivity index (χ1v) is 5.42. The molecule has 16 heavy (non-hydrogen) atoms. The molecule has 3 heteroatoms. The number of ether oxygens (including phenoxy) is 1. The van der Waals surface area contributed by atoms with Gasteiger partial charge in [-0.05, 0) is 17.9 Å². The molecule has 0 spiro atoms. The molecule has 0 aliphatic rings. The van der Waals surface area contributed by atoms with Gasteiger partial charge in [0.2, 0.25) is 0 Å². The second-order valence-electron chi connectivity index (χ2n) is 4.64. The fourth-order valence-corrected chi connectivity index (χ4v) is 1.50. The average Bonchev–Trinajstić information content (AvgIpc) is 2.16. The first kappa shape index (κ1) is 12.9. The lowest BCUT2D eigenvalue weighted by atomic mass is 9.82. The molecule has 0 radical (unpaired) electrons. The van der Waals surface area contributed by atoms with Crippen molar-refractivity contribution in [3.8, 4) is 5.75 Å². The Morgan fingerprint density at radius 1 is 1.12 bits per heavy atom. The van der Waals surface area contributed by atoms with E-state index in [2.05, 4.69) is 4.74 Å². The predicted molar refractivity (Wildman–Crippen MR) is 61.0 cm³/mol. The van der Waals surface area contributed by atoms with Gasteiger partial charge in [-0.15, -0.1) is 0 Å². The summed E-state index contributed by atoms with van der Waals surface area (Å²) in [6.45, 7) is 6.82. The van der Waals surface area contributed by atoms with Gasteiger partial charge in [0.05, 0.1) is 0 Å². The molecule has 0 fully saturated rings. The number of hydrogen-bond donors (Lipinski definition) is 0. The topological polar surface area (TPSA) is 9.23 Å². The molecular weight excluding hydrogens is 210 g/mol. The Balaban J connectivity index is 3.11. The van der Waals surface area contributed by atoms with E-state index in [9.17, 15) is 8.78 Å². The SMILES string of the molecule is CCC(C)(C)c1ccccc1OC(C)(F)F. The Hall–Kier alpha value is -1.12. The maximum absolute atomic E-state index is 12.9. The molecule has 0 saturated carbocycles. The van der Waals surface area contributed by atoms with E-state index in [-0.39, 0.29) is 11.2 Å². The highest BCUT2D eigenvalue weighted by Gasteiger charge is 2.28. The fourth-order valence-electron chi connectivity index (χ4n) is 1.50. The van der Waals surface area contributed by atoms with E-state index in [4.69, 9.17) is 0 Å². The lowest BCUT2D eigenvalue weighted by molar-refractivity contribution is -0.159. The minimum atomic E-state index is -3.14. The standard InChI is InChI=1S/C13H18F2O/c1-5-12(2,3)10-8-6-7-9-11(10)16-13(4,14)15/h6-9H,5H2,1-4H3. The molecule has 90 valence electrons. The summed E-state index contributed by atoms with van der Waals surface area (Å²) in [6.07, 6.45) is -2.28. The second kappa shape index (κ2) is 4.40. The van der Waals surface area contributed by atoms with E-state index in [1.54, 1.807) is 12.1 Å². The third-order valence-electron chi connectivity index (χ3n) is 2.79. The minimum absolute atomic E-state index is 0.165. The summed E-state index contributed by atoms with van der Waals surface area (Å²) in [7, 11) is 0. The van der Waals surface area contributed by atoms with Gasteiger partial charge in [-0.1, -0.05) is 39.0 Å². The molecule has 0 N–H and O–H groups in total.